The maximum absolute atomic E-state index is 13.1. The van der Waals surface area contributed by atoms with Crippen LogP contribution in [0.1, 0.15) is 27.2 Å². The SMILES string of the molecule is CCCNC(CSc1ccc(F)c(F)c1)C(C)C. The van der Waals surface area contributed by atoms with E-state index in [0.29, 0.717) is 12.0 Å². The van der Waals surface area contributed by atoms with Crippen molar-refractivity contribution >= 4 is 11.8 Å². The van der Waals surface area contributed by atoms with Gasteiger partial charge in [-0.1, -0.05) is 20.8 Å². The molecule has 1 unspecified atom stereocenters. The van der Waals surface area contributed by atoms with Crippen LogP contribution < -0.4 is 5.32 Å². The summed E-state index contributed by atoms with van der Waals surface area (Å²) in [5, 5.41) is 3.48. The third-order valence-corrected chi connectivity index (χ3v) is 3.89. The standard InChI is InChI=1S/C14H21F2NS/c1-4-7-17-14(10(2)3)9-18-11-5-6-12(15)13(16)8-11/h5-6,8,10,14,17H,4,7,9H2,1-3H3. The lowest BCUT2D eigenvalue weighted by Crippen LogP contribution is -2.36. The van der Waals surface area contributed by atoms with E-state index in [1.165, 1.54) is 12.1 Å². The van der Waals surface area contributed by atoms with Crippen LogP contribution in [-0.2, 0) is 0 Å². The third kappa shape index (κ3) is 4.94. The summed E-state index contributed by atoms with van der Waals surface area (Å²) in [7, 11) is 0. The Morgan fingerprint density at radius 1 is 1.22 bits per heavy atom. The molecule has 0 aliphatic carbocycles. The summed E-state index contributed by atoms with van der Waals surface area (Å²) < 4.78 is 25.9. The first-order valence-electron chi connectivity index (χ1n) is 6.35. The van der Waals surface area contributed by atoms with Crippen molar-refractivity contribution in [3.05, 3.63) is 29.8 Å². The monoisotopic (exact) mass is 273 g/mol. The van der Waals surface area contributed by atoms with E-state index >= 15 is 0 Å². The lowest BCUT2D eigenvalue weighted by molar-refractivity contribution is 0.434. The van der Waals surface area contributed by atoms with Gasteiger partial charge in [0.1, 0.15) is 0 Å². The molecule has 0 aliphatic rings. The van der Waals surface area contributed by atoms with Gasteiger partial charge < -0.3 is 5.32 Å². The Morgan fingerprint density at radius 3 is 2.50 bits per heavy atom. The minimum absolute atomic E-state index is 0.392. The fourth-order valence-electron chi connectivity index (χ4n) is 1.57. The van der Waals surface area contributed by atoms with Crippen molar-refractivity contribution in [2.24, 2.45) is 5.92 Å². The van der Waals surface area contributed by atoms with Crippen LogP contribution in [0, 0.1) is 17.6 Å². The van der Waals surface area contributed by atoms with Gasteiger partial charge in [0.2, 0.25) is 0 Å². The van der Waals surface area contributed by atoms with Crippen molar-refractivity contribution in [3.63, 3.8) is 0 Å². The predicted octanol–water partition coefficient (Wildman–Crippen LogP) is 4.08. The Balaban J connectivity index is 2.52. The van der Waals surface area contributed by atoms with Gasteiger partial charge in [0.05, 0.1) is 0 Å². The first-order chi connectivity index (χ1) is 8.54. The topological polar surface area (TPSA) is 12.0 Å². The van der Waals surface area contributed by atoms with E-state index in [1.807, 2.05) is 0 Å². The molecule has 0 fully saturated rings. The van der Waals surface area contributed by atoms with E-state index in [1.54, 1.807) is 17.8 Å². The van der Waals surface area contributed by atoms with E-state index in [2.05, 4.69) is 26.1 Å². The van der Waals surface area contributed by atoms with Crippen LogP contribution in [-0.4, -0.2) is 18.3 Å². The van der Waals surface area contributed by atoms with Crippen LogP contribution in [0.2, 0.25) is 0 Å². The molecule has 1 aromatic rings. The van der Waals surface area contributed by atoms with Crippen LogP contribution >= 0.6 is 11.8 Å². The average Bonchev–Trinajstić information content (AvgIpc) is 2.33. The lowest BCUT2D eigenvalue weighted by atomic mass is 10.1. The molecule has 0 radical (unpaired) electrons. The second-order valence-corrected chi connectivity index (χ2v) is 5.78. The molecule has 4 heteroatoms. The molecule has 0 spiro atoms. The van der Waals surface area contributed by atoms with Gasteiger partial charge in [-0.15, -0.1) is 11.8 Å². The fourth-order valence-corrected chi connectivity index (χ4v) is 2.80. The summed E-state index contributed by atoms with van der Waals surface area (Å²) in [4.78, 5) is 0.776. The lowest BCUT2D eigenvalue weighted by Gasteiger charge is -2.21. The van der Waals surface area contributed by atoms with E-state index in [4.69, 9.17) is 0 Å². The number of nitrogens with one attached hydrogen (secondary N) is 1. The zero-order chi connectivity index (χ0) is 13.5. The first kappa shape index (κ1) is 15.4. The summed E-state index contributed by atoms with van der Waals surface area (Å²) >= 11 is 1.56. The molecule has 102 valence electrons. The molecule has 0 aliphatic heterocycles. The van der Waals surface area contributed by atoms with Gasteiger partial charge in [-0.2, -0.15) is 0 Å². The highest BCUT2D eigenvalue weighted by molar-refractivity contribution is 7.99. The molecule has 1 atom stereocenters. The van der Waals surface area contributed by atoms with Gasteiger partial charge in [-0.25, -0.2) is 8.78 Å². The van der Waals surface area contributed by atoms with Crippen LogP contribution in [0.25, 0.3) is 0 Å². The zero-order valence-corrected chi connectivity index (χ0v) is 12.0. The number of thioether (sulfide) groups is 1. The molecular weight excluding hydrogens is 252 g/mol. The Labute approximate surface area is 112 Å². The minimum atomic E-state index is -0.788. The summed E-state index contributed by atoms with van der Waals surface area (Å²) in [6.45, 7) is 7.45. The smallest absolute Gasteiger partial charge is 0.159 e. The van der Waals surface area contributed by atoms with E-state index in [9.17, 15) is 8.78 Å². The molecule has 1 N–H and O–H groups in total. The van der Waals surface area contributed by atoms with Crippen LogP contribution in [0.4, 0.5) is 8.78 Å². The summed E-state index contributed by atoms with van der Waals surface area (Å²) in [5.74, 6) is -0.177. The third-order valence-electron chi connectivity index (χ3n) is 2.78. The van der Waals surface area contributed by atoms with Crippen molar-refractivity contribution in [3.8, 4) is 0 Å². The van der Waals surface area contributed by atoms with Gasteiger partial charge in [0.25, 0.3) is 0 Å². The van der Waals surface area contributed by atoms with Crippen molar-refractivity contribution in [2.75, 3.05) is 12.3 Å². The molecule has 1 rings (SSSR count). The largest absolute Gasteiger partial charge is 0.313 e. The molecule has 0 saturated carbocycles. The first-order valence-corrected chi connectivity index (χ1v) is 7.34. The molecule has 0 heterocycles. The van der Waals surface area contributed by atoms with Crippen molar-refractivity contribution in [2.45, 2.75) is 38.1 Å². The van der Waals surface area contributed by atoms with Gasteiger partial charge in [0.15, 0.2) is 11.6 Å². The van der Waals surface area contributed by atoms with Crippen molar-refractivity contribution in [1.29, 1.82) is 0 Å². The normalized spacial score (nSPS) is 13.0. The summed E-state index contributed by atoms with van der Waals surface area (Å²) in [6.07, 6.45) is 1.10. The molecule has 0 bridgehead atoms. The summed E-state index contributed by atoms with van der Waals surface area (Å²) in [6, 6.07) is 4.46. The molecular formula is C14H21F2NS. The summed E-state index contributed by atoms with van der Waals surface area (Å²) in [5.41, 5.74) is 0. The van der Waals surface area contributed by atoms with Gasteiger partial charge in [-0.3, -0.25) is 0 Å². The zero-order valence-electron chi connectivity index (χ0n) is 11.2. The van der Waals surface area contributed by atoms with Crippen LogP contribution in [0.3, 0.4) is 0 Å². The Hall–Kier alpha value is -0.610. The van der Waals surface area contributed by atoms with E-state index in [-0.39, 0.29) is 0 Å². The minimum Gasteiger partial charge on any atom is -0.313 e. The number of hydrogen-bond acceptors (Lipinski definition) is 2. The number of rotatable bonds is 7. The van der Waals surface area contributed by atoms with Crippen molar-refractivity contribution in [1.82, 2.24) is 5.32 Å². The maximum Gasteiger partial charge on any atom is 0.159 e. The highest BCUT2D eigenvalue weighted by atomic mass is 32.2. The highest BCUT2D eigenvalue weighted by Crippen LogP contribution is 2.22. The van der Waals surface area contributed by atoms with Crippen LogP contribution in [0.5, 0.6) is 0 Å². The predicted molar refractivity (Wildman–Crippen MR) is 74.0 cm³/mol. The maximum atomic E-state index is 13.1. The molecule has 0 saturated heterocycles. The van der Waals surface area contributed by atoms with Gasteiger partial charge in [-0.05, 0) is 37.1 Å². The molecule has 0 amide bonds. The Kier molecular flexibility index (Phi) is 6.65. The number of halogens is 2. The quantitative estimate of drug-likeness (QED) is 0.751. The fraction of sp³-hybridized carbons (Fsp3) is 0.571. The Bertz CT molecular complexity index is 369. The molecule has 18 heavy (non-hydrogen) atoms. The molecule has 1 nitrogen and oxygen atoms in total. The van der Waals surface area contributed by atoms with Gasteiger partial charge in [0, 0.05) is 16.7 Å². The molecule has 0 aromatic heterocycles. The van der Waals surface area contributed by atoms with Crippen LogP contribution in [0.15, 0.2) is 23.1 Å². The second kappa shape index (κ2) is 7.74. The van der Waals surface area contributed by atoms with Crippen molar-refractivity contribution < 1.29 is 8.78 Å². The molecule has 1 aromatic carbocycles. The second-order valence-electron chi connectivity index (χ2n) is 4.69. The average molecular weight is 273 g/mol. The highest BCUT2D eigenvalue weighted by Gasteiger charge is 2.13. The van der Waals surface area contributed by atoms with E-state index in [0.717, 1.165) is 23.6 Å². The van der Waals surface area contributed by atoms with E-state index < -0.39 is 11.6 Å². The van der Waals surface area contributed by atoms with Gasteiger partial charge >= 0.3 is 0 Å². The number of hydrogen-bond donors (Lipinski definition) is 1. The Morgan fingerprint density at radius 2 is 1.94 bits per heavy atom. The number of benzene rings is 1.